The molecule has 1 atom stereocenters. The lowest BCUT2D eigenvalue weighted by molar-refractivity contribution is -0.140. The average molecular weight is 541 g/mol. The normalized spacial score (nSPS) is 11.4. The number of halogens is 1. The van der Waals surface area contributed by atoms with Crippen molar-refractivity contribution in [1.82, 2.24) is 10.2 Å². The van der Waals surface area contributed by atoms with E-state index in [9.17, 15) is 14.0 Å². The lowest BCUT2D eigenvalue weighted by Gasteiger charge is -2.32. The van der Waals surface area contributed by atoms with Crippen LogP contribution >= 0.6 is 0 Å². The van der Waals surface area contributed by atoms with E-state index >= 15 is 0 Å². The Balaban J connectivity index is 1.66. The second-order valence-corrected chi connectivity index (χ2v) is 9.42. The van der Waals surface area contributed by atoms with Crippen LogP contribution in [0.15, 0.2) is 103 Å². The van der Waals surface area contributed by atoms with Gasteiger partial charge in [0, 0.05) is 19.5 Å². The van der Waals surface area contributed by atoms with Crippen molar-refractivity contribution in [3.63, 3.8) is 0 Å². The lowest BCUT2D eigenvalue weighted by atomic mass is 10.0. The number of nitrogens with zero attached hydrogens (tertiary/aromatic N) is 1. The van der Waals surface area contributed by atoms with Crippen LogP contribution in [0.25, 0.3) is 0 Å². The number of rotatable bonds is 12. The molecule has 0 aliphatic carbocycles. The number of hydrogen-bond donors (Lipinski definition) is 1. The van der Waals surface area contributed by atoms with Crippen molar-refractivity contribution in [2.75, 3.05) is 14.2 Å². The maximum absolute atomic E-state index is 13.9. The third-order valence-corrected chi connectivity index (χ3v) is 6.65. The van der Waals surface area contributed by atoms with E-state index in [1.807, 2.05) is 60.7 Å². The van der Waals surface area contributed by atoms with Crippen molar-refractivity contribution in [3.05, 3.63) is 131 Å². The van der Waals surface area contributed by atoms with Gasteiger partial charge in [0.05, 0.1) is 20.6 Å². The first kappa shape index (κ1) is 28.4. The molecule has 0 saturated carbocycles. The minimum Gasteiger partial charge on any atom is -0.493 e. The van der Waals surface area contributed by atoms with Gasteiger partial charge in [-0.25, -0.2) is 4.39 Å². The highest BCUT2D eigenvalue weighted by atomic mass is 19.1. The summed E-state index contributed by atoms with van der Waals surface area (Å²) in [6.45, 7) is 0.474. The van der Waals surface area contributed by atoms with E-state index in [0.717, 1.165) is 22.3 Å². The summed E-state index contributed by atoms with van der Waals surface area (Å²) >= 11 is 0. The number of carbonyl (C=O) groups is 2. The molecular weight excluding hydrogens is 507 g/mol. The van der Waals surface area contributed by atoms with Gasteiger partial charge in [0.15, 0.2) is 11.5 Å². The van der Waals surface area contributed by atoms with E-state index in [1.54, 1.807) is 42.3 Å². The minimum absolute atomic E-state index is 0.0405. The van der Waals surface area contributed by atoms with Gasteiger partial charge in [-0.3, -0.25) is 9.59 Å². The topological polar surface area (TPSA) is 67.9 Å². The molecular formula is C33H33FN2O4. The number of benzene rings is 4. The predicted octanol–water partition coefficient (Wildman–Crippen LogP) is 5.34. The number of methoxy groups -OCH3 is 2. The monoisotopic (exact) mass is 540 g/mol. The Labute approximate surface area is 234 Å². The summed E-state index contributed by atoms with van der Waals surface area (Å²) < 4.78 is 24.4. The van der Waals surface area contributed by atoms with Gasteiger partial charge in [-0.15, -0.1) is 0 Å². The molecule has 206 valence electrons. The molecule has 6 nitrogen and oxygen atoms in total. The summed E-state index contributed by atoms with van der Waals surface area (Å²) in [4.78, 5) is 29.3. The fraction of sp³-hybridized carbons (Fsp3) is 0.212. The highest BCUT2D eigenvalue weighted by Gasteiger charge is 2.30. The van der Waals surface area contributed by atoms with Crippen LogP contribution in [0.2, 0.25) is 0 Å². The van der Waals surface area contributed by atoms with Gasteiger partial charge in [0.25, 0.3) is 0 Å². The molecule has 4 aromatic rings. The van der Waals surface area contributed by atoms with E-state index < -0.39 is 6.04 Å². The van der Waals surface area contributed by atoms with Crippen molar-refractivity contribution in [1.29, 1.82) is 0 Å². The molecule has 0 spiro atoms. The number of amides is 2. The fourth-order valence-corrected chi connectivity index (χ4v) is 4.51. The minimum atomic E-state index is -0.802. The SMILES string of the molecule is COc1ccc(CC(=O)N(Cc2ccc(F)cc2)[C@@H](Cc2ccccc2)C(=O)NCc2ccccc2)cc1OC. The van der Waals surface area contributed by atoms with Crippen LogP contribution in [0.4, 0.5) is 4.39 Å². The summed E-state index contributed by atoms with van der Waals surface area (Å²) in [6, 6.07) is 29.7. The smallest absolute Gasteiger partial charge is 0.243 e. The van der Waals surface area contributed by atoms with Gasteiger partial charge in [0.1, 0.15) is 11.9 Å². The highest BCUT2D eigenvalue weighted by Crippen LogP contribution is 2.28. The zero-order chi connectivity index (χ0) is 28.3. The number of ether oxygens (including phenoxy) is 2. The quantitative estimate of drug-likeness (QED) is 0.263. The number of hydrogen-bond acceptors (Lipinski definition) is 4. The molecule has 4 aromatic carbocycles. The van der Waals surface area contributed by atoms with Gasteiger partial charge >= 0.3 is 0 Å². The molecule has 0 saturated heterocycles. The zero-order valence-electron chi connectivity index (χ0n) is 22.7. The van der Waals surface area contributed by atoms with E-state index in [-0.39, 0.29) is 30.6 Å². The van der Waals surface area contributed by atoms with Crippen LogP contribution in [-0.4, -0.2) is 37.0 Å². The van der Waals surface area contributed by atoms with Crippen molar-refractivity contribution in [2.45, 2.75) is 32.0 Å². The average Bonchev–Trinajstić information content (AvgIpc) is 2.99. The number of nitrogens with one attached hydrogen (secondary N) is 1. The number of carbonyl (C=O) groups excluding carboxylic acids is 2. The van der Waals surface area contributed by atoms with Crippen LogP contribution in [0.1, 0.15) is 22.3 Å². The van der Waals surface area contributed by atoms with Crippen LogP contribution < -0.4 is 14.8 Å². The molecule has 0 heterocycles. The lowest BCUT2D eigenvalue weighted by Crippen LogP contribution is -2.50. The van der Waals surface area contributed by atoms with Crippen LogP contribution in [0, 0.1) is 5.82 Å². The first-order valence-corrected chi connectivity index (χ1v) is 13.1. The molecule has 7 heteroatoms. The van der Waals surface area contributed by atoms with Crippen molar-refractivity contribution in [3.8, 4) is 11.5 Å². The first-order chi connectivity index (χ1) is 19.5. The van der Waals surface area contributed by atoms with Gasteiger partial charge in [0.2, 0.25) is 11.8 Å². The maximum atomic E-state index is 13.9. The largest absolute Gasteiger partial charge is 0.493 e. The molecule has 0 fully saturated rings. The maximum Gasteiger partial charge on any atom is 0.243 e. The Kier molecular flexibility index (Phi) is 9.88. The summed E-state index contributed by atoms with van der Waals surface area (Å²) in [5.41, 5.74) is 3.31. The van der Waals surface area contributed by atoms with Crippen LogP contribution in [-0.2, 0) is 35.5 Å². The molecule has 4 rings (SSSR count). The van der Waals surface area contributed by atoms with Crippen LogP contribution in [0.5, 0.6) is 11.5 Å². The van der Waals surface area contributed by atoms with E-state index in [4.69, 9.17) is 9.47 Å². The predicted molar refractivity (Wildman–Crippen MR) is 152 cm³/mol. The summed E-state index contributed by atoms with van der Waals surface area (Å²) in [5, 5.41) is 3.02. The van der Waals surface area contributed by atoms with Crippen molar-refractivity contribution in [2.24, 2.45) is 0 Å². The van der Waals surface area contributed by atoms with E-state index in [1.165, 1.54) is 19.2 Å². The van der Waals surface area contributed by atoms with Gasteiger partial charge < -0.3 is 19.7 Å². The first-order valence-electron chi connectivity index (χ1n) is 13.1. The Bertz CT molecular complexity index is 1400. The summed E-state index contributed by atoms with van der Waals surface area (Å²) in [7, 11) is 3.09. The third kappa shape index (κ3) is 7.69. The van der Waals surface area contributed by atoms with Crippen LogP contribution in [0.3, 0.4) is 0 Å². The second kappa shape index (κ2) is 13.9. The fourth-order valence-electron chi connectivity index (χ4n) is 4.51. The molecule has 0 aliphatic rings. The molecule has 0 radical (unpaired) electrons. The molecule has 0 aliphatic heterocycles. The summed E-state index contributed by atoms with van der Waals surface area (Å²) in [5.74, 6) is 0.194. The third-order valence-electron chi connectivity index (χ3n) is 6.65. The van der Waals surface area contributed by atoms with Crippen molar-refractivity contribution < 1.29 is 23.5 Å². The van der Waals surface area contributed by atoms with Gasteiger partial charge in [-0.05, 0) is 46.5 Å². The molecule has 40 heavy (non-hydrogen) atoms. The Morgan fingerprint density at radius 3 is 1.98 bits per heavy atom. The molecule has 2 amide bonds. The highest BCUT2D eigenvalue weighted by molar-refractivity contribution is 5.89. The standard InChI is InChI=1S/C33H33FN2O4/c1-39-30-18-15-27(20-31(30)40-2)21-32(37)36(23-26-13-16-28(34)17-14-26)29(19-24-9-5-3-6-10-24)33(38)35-22-25-11-7-4-8-12-25/h3-18,20,29H,19,21-23H2,1-2H3,(H,35,38)/t29-/m0/s1. The Morgan fingerprint density at radius 1 is 0.750 bits per heavy atom. The molecule has 0 unspecified atom stereocenters. The molecule has 1 N–H and O–H groups in total. The van der Waals surface area contributed by atoms with Gasteiger partial charge in [-0.1, -0.05) is 78.9 Å². The van der Waals surface area contributed by atoms with E-state index in [0.29, 0.717) is 24.5 Å². The van der Waals surface area contributed by atoms with Crippen molar-refractivity contribution >= 4 is 11.8 Å². The summed E-state index contributed by atoms with van der Waals surface area (Å²) in [6.07, 6.45) is 0.360. The second-order valence-electron chi connectivity index (χ2n) is 9.42. The van der Waals surface area contributed by atoms with E-state index in [2.05, 4.69) is 5.32 Å². The Morgan fingerprint density at radius 2 is 1.35 bits per heavy atom. The molecule has 0 aromatic heterocycles. The van der Waals surface area contributed by atoms with Gasteiger partial charge in [-0.2, -0.15) is 0 Å². The Hall–Kier alpha value is -4.65. The zero-order valence-corrected chi connectivity index (χ0v) is 22.7. The molecule has 0 bridgehead atoms.